The summed E-state index contributed by atoms with van der Waals surface area (Å²) >= 11 is 0. The topological polar surface area (TPSA) is 108 Å². The number of halogens is 2. The maximum Gasteiger partial charge on any atom is 0.387 e. The second kappa shape index (κ2) is 7.38. The molecule has 1 unspecified atom stereocenters. The number of nitrogens with one attached hydrogen (secondary N) is 1. The van der Waals surface area contributed by atoms with Gasteiger partial charge in [0.2, 0.25) is 0 Å². The fourth-order valence-electron chi connectivity index (χ4n) is 4.24. The maximum atomic E-state index is 13.0. The zero-order valence-electron chi connectivity index (χ0n) is 15.1. The Labute approximate surface area is 161 Å². The number of hydrogen-bond donors (Lipinski definition) is 1. The minimum absolute atomic E-state index is 0.131. The summed E-state index contributed by atoms with van der Waals surface area (Å²) in [4.78, 5) is 1.96. The summed E-state index contributed by atoms with van der Waals surface area (Å²) in [5, 5.41) is 38.0. The van der Waals surface area contributed by atoms with Gasteiger partial charge in [0.1, 0.15) is 11.7 Å². The van der Waals surface area contributed by atoms with E-state index in [0.717, 1.165) is 0 Å². The summed E-state index contributed by atoms with van der Waals surface area (Å²) in [5.74, 6) is -2.49. The molecule has 0 amide bonds. The molecule has 3 atom stereocenters. The molecule has 1 saturated carbocycles. The molecule has 8 heteroatoms. The van der Waals surface area contributed by atoms with Gasteiger partial charge in [0.05, 0.1) is 23.9 Å². The van der Waals surface area contributed by atoms with E-state index in [9.17, 15) is 24.6 Å². The highest BCUT2D eigenvalue weighted by atomic mass is 19.3. The zero-order valence-corrected chi connectivity index (χ0v) is 15.1. The van der Waals surface area contributed by atoms with Crippen LogP contribution in [0.4, 0.5) is 8.78 Å². The molecular formula is C20H17F2N5O. The Balaban J connectivity index is 2.28. The van der Waals surface area contributed by atoms with E-state index in [-0.39, 0.29) is 17.0 Å². The van der Waals surface area contributed by atoms with Crippen LogP contribution in [0, 0.1) is 56.7 Å². The van der Waals surface area contributed by atoms with Crippen LogP contribution in [-0.4, -0.2) is 37.4 Å². The normalized spacial score (nSPS) is 26.4. The lowest BCUT2D eigenvalue weighted by Gasteiger charge is -2.47. The largest absolute Gasteiger partial charge is 0.435 e. The van der Waals surface area contributed by atoms with Crippen LogP contribution in [0.15, 0.2) is 35.9 Å². The van der Waals surface area contributed by atoms with Crippen LogP contribution in [0.25, 0.3) is 0 Å². The van der Waals surface area contributed by atoms with Crippen molar-refractivity contribution in [1.82, 2.24) is 4.90 Å². The van der Waals surface area contributed by atoms with Gasteiger partial charge < -0.3 is 15.0 Å². The van der Waals surface area contributed by atoms with Crippen LogP contribution in [0.1, 0.15) is 11.5 Å². The molecule has 0 spiro atoms. The first-order chi connectivity index (χ1) is 13.4. The molecule has 1 N–H and O–H groups in total. The molecule has 3 rings (SSSR count). The SMILES string of the molecule is CN1CC=C2C(C#N)C(=N)C(C#N)(C#N)[C@H](c3ccccc3OC(F)F)[C@H]2C1. The van der Waals surface area contributed by atoms with E-state index in [0.29, 0.717) is 18.7 Å². The standard InChI is InChI=1S/C20H17F2N5O/c1-27-7-6-12-14(8-23)18(26)20(10-24,11-25)17(15(12)9-27)13-4-2-3-5-16(13)28-19(21)22/h2-6,14-15,17,19,26H,7,9H2,1H3/t14?,15-,17+/m0/s1. The van der Waals surface area contributed by atoms with E-state index in [1.54, 1.807) is 6.07 Å². The number of likely N-dealkylation sites (N-methyl/N-ethyl adjacent to an activating group) is 1. The lowest BCUT2D eigenvalue weighted by atomic mass is 9.54. The van der Waals surface area contributed by atoms with Gasteiger partial charge in [-0.25, -0.2) is 0 Å². The smallest absolute Gasteiger partial charge is 0.387 e. The Morgan fingerprint density at radius 2 is 1.93 bits per heavy atom. The third-order valence-corrected chi connectivity index (χ3v) is 5.44. The number of rotatable bonds is 3. The second-order valence-corrected chi connectivity index (χ2v) is 6.93. The highest BCUT2D eigenvalue weighted by Gasteiger charge is 2.58. The fourth-order valence-corrected chi connectivity index (χ4v) is 4.24. The molecular weight excluding hydrogens is 364 g/mol. The van der Waals surface area contributed by atoms with Crippen molar-refractivity contribution in [3.63, 3.8) is 0 Å². The summed E-state index contributed by atoms with van der Waals surface area (Å²) in [6.45, 7) is -2.08. The Morgan fingerprint density at radius 3 is 2.54 bits per heavy atom. The maximum absolute atomic E-state index is 13.0. The number of para-hydroxylation sites is 1. The zero-order chi connectivity index (χ0) is 20.5. The number of nitriles is 3. The van der Waals surface area contributed by atoms with Gasteiger partial charge in [0.25, 0.3) is 0 Å². The minimum Gasteiger partial charge on any atom is -0.435 e. The Hall–Kier alpha value is -3.28. The lowest BCUT2D eigenvalue weighted by molar-refractivity contribution is -0.0509. The van der Waals surface area contributed by atoms with Crippen molar-refractivity contribution in [1.29, 1.82) is 21.2 Å². The molecule has 1 aromatic carbocycles. The van der Waals surface area contributed by atoms with Gasteiger partial charge in [-0.05, 0) is 18.7 Å². The Kier molecular flexibility index (Phi) is 5.14. The highest BCUT2D eigenvalue weighted by Crippen LogP contribution is 2.54. The third kappa shape index (κ3) is 2.91. The van der Waals surface area contributed by atoms with Crippen LogP contribution >= 0.6 is 0 Å². The summed E-state index contributed by atoms with van der Waals surface area (Å²) in [6.07, 6.45) is 1.83. The van der Waals surface area contributed by atoms with Crippen molar-refractivity contribution in [3.8, 4) is 24.0 Å². The van der Waals surface area contributed by atoms with Crippen LogP contribution in [0.3, 0.4) is 0 Å². The minimum atomic E-state index is -3.07. The van der Waals surface area contributed by atoms with Crippen molar-refractivity contribution in [2.45, 2.75) is 12.5 Å². The predicted molar refractivity (Wildman–Crippen MR) is 95.4 cm³/mol. The molecule has 0 radical (unpaired) electrons. The van der Waals surface area contributed by atoms with Crippen LogP contribution in [-0.2, 0) is 0 Å². The molecule has 142 valence electrons. The number of benzene rings is 1. The van der Waals surface area contributed by atoms with Crippen molar-refractivity contribution in [2.24, 2.45) is 17.3 Å². The van der Waals surface area contributed by atoms with Gasteiger partial charge >= 0.3 is 6.61 Å². The summed E-state index contributed by atoms with van der Waals surface area (Å²) in [6, 6.07) is 11.9. The average molecular weight is 381 g/mol. The van der Waals surface area contributed by atoms with Crippen molar-refractivity contribution in [2.75, 3.05) is 20.1 Å². The molecule has 0 aromatic heterocycles. The number of fused-ring (bicyclic) bond motifs is 1. The molecule has 1 fully saturated rings. The molecule has 2 aliphatic rings. The van der Waals surface area contributed by atoms with Gasteiger partial charge in [-0.1, -0.05) is 24.3 Å². The molecule has 0 saturated heterocycles. The van der Waals surface area contributed by atoms with Crippen molar-refractivity contribution in [3.05, 3.63) is 41.5 Å². The molecule has 1 aromatic rings. The summed E-state index contributed by atoms with van der Waals surface area (Å²) < 4.78 is 30.6. The molecule has 28 heavy (non-hydrogen) atoms. The quantitative estimate of drug-likeness (QED) is 0.810. The average Bonchev–Trinajstić information content (AvgIpc) is 2.68. The first-order valence-electron chi connectivity index (χ1n) is 8.62. The second-order valence-electron chi connectivity index (χ2n) is 6.93. The fraction of sp³-hybridized carbons (Fsp3) is 0.400. The number of hydrogen-bond acceptors (Lipinski definition) is 6. The van der Waals surface area contributed by atoms with Gasteiger partial charge in [-0.3, -0.25) is 0 Å². The van der Waals surface area contributed by atoms with Crippen LogP contribution < -0.4 is 4.74 Å². The van der Waals surface area contributed by atoms with Crippen molar-refractivity contribution >= 4 is 5.71 Å². The van der Waals surface area contributed by atoms with Crippen molar-refractivity contribution < 1.29 is 13.5 Å². The van der Waals surface area contributed by atoms with E-state index >= 15 is 0 Å². The monoisotopic (exact) mass is 381 g/mol. The van der Waals surface area contributed by atoms with Gasteiger partial charge in [-0.2, -0.15) is 24.6 Å². The van der Waals surface area contributed by atoms with Gasteiger partial charge in [-0.15, -0.1) is 0 Å². The molecule has 1 heterocycles. The van der Waals surface area contributed by atoms with Gasteiger partial charge in [0.15, 0.2) is 5.41 Å². The molecule has 1 aliphatic carbocycles. The lowest BCUT2D eigenvalue weighted by Crippen LogP contribution is -2.52. The first kappa shape index (κ1) is 19.5. The Bertz CT molecular complexity index is 939. The van der Waals surface area contributed by atoms with Crippen LogP contribution in [0.5, 0.6) is 5.75 Å². The highest BCUT2D eigenvalue weighted by molar-refractivity contribution is 6.01. The molecule has 0 bridgehead atoms. The molecule has 6 nitrogen and oxygen atoms in total. The van der Waals surface area contributed by atoms with E-state index in [1.807, 2.05) is 36.2 Å². The Morgan fingerprint density at radius 1 is 1.25 bits per heavy atom. The summed E-state index contributed by atoms with van der Waals surface area (Å²) in [7, 11) is 1.85. The van der Waals surface area contributed by atoms with Gasteiger partial charge in [0, 0.05) is 30.5 Å². The number of nitrogens with zero attached hydrogens (tertiary/aromatic N) is 4. The summed E-state index contributed by atoms with van der Waals surface area (Å²) in [5.41, 5.74) is -1.35. The first-order valence-corrected chi connectivity index (χ1v) is 8.62. The van der Waals surface area contributed by atoms with E-state index < -0.39 is 29.8 Å². The number of alkyl halides is 2. The van der Waals surface area contributed by atoms with E-state index in [4.69, 9.17) is 5.41 Å². The number of ether oxygens (including phenoxy) is 1. The predicted octanol–water partition coefficient (Wildman–Crippen LogP) is 3.07. The van der Waals surface area contributed by atoms with E-state index in [2.05, 4.69) is 4.74 Å². The van der Waals surface area contributed by atoms with Crippen LogP contribution in [0.2, 0.25) is 0 Å². The third-order valence-electron chi connectivity index (χ3n) is 5.44. The van der Waals surface area contributed by atoms with E-state index in [1.165, 1.54) is 18.2 Å². The molecule has 1 aliphatic heterocycles.